The number of likely N-dealkylation sites (tertiary alicyclic amines) is 1. The number of carbonyl (C=O) groups is 1. The van der Waals surface area contributed by atoms with Crippen LogP contribution in [0.25, 0.3) is 0 Å². The Bertz CT molecular complexity index is 664. The Balaban J connectivity index is 2.00. The summed E-state index contributed by atoms with van der Waals surface area (Å²) < 4.78 is 11.2. The first-order valence-electron chi connectivity index (χ1n) is 8.16. The molecule has 1 aliphatic heterocycles. The van der Waals surface area contributed by atoms with Crippen LogP contribution in [0.1, 0.15) is 39.2 Å². The molecule has 0 saturated carbocycles. The number of aryl methyl sites for hydroxylation is 1. The van der Waals surface area contributed by atoms with Crippen molar-refractivity contribution in [1.29, 1.82) is 0 Å². The minimum absolute atomic E-state index is 0.148. The smallest absolute Gasteiger partial charge is 0.410 e. The number of piperidine rings is 1. The highest BCUT2D eigenvalue weighted by Crippen LogP contribution is 2.34. The molecule has 0 bridgehead atoms. The van der Waals surface area contributed by atoms with Gasteiger partial charge in [0, 0.05) is 32.0 Å². The Hall–Kier alpha value is -2.02. The van der Waals surface area contributed by atoms with Gasteiger partial charge < -0.3 is 14.4 Å². The first kappa shape index (κ1) is 19.3. The molecule has 1 saturated heterocycles. The predicted octanol–water partition coefficient (Wildman–Crippen LogP) is 4.33. The minimum atomic E-state index is -0.536. The van der Waals surface area contributed by atoms with Crippen LogP contribution >= 0.6 is 11.6 Å². The van der Waals surface area contributed by atoms with Gasteiger partial charge in [-0.05, 0) is 39.3 Å². The lowest BCUT2D eigenvalue weighted by Crippen LogP contribution is -2.44. The molecule has 1 amide bonds. The highest BCUT2D eigenvalue weighted by molar-refractivity contribution is 6.31. The topological polar surface area (TPSA) is 81.9 Å². The molecule has 0 unspecified atom stereocenters. The standard InChI is InChI=1S/C17H23ClN2O5/c1-11-9-15(14(20(22)23)10-13(11)18)24-12-5-7-19(8-6-12)16(21)25-17(2,3)4/h9-10,12H,5-8H2,1-4H3. The van der Waals surface area contributed by atoms with Crippen LogP contribution in [0, 0.1) is 17.0 Å². The highest BCUT2D eigenvalue weighted by atomic mass is 35.5. The summed E-state index contributed by atoms with van der Waals surface area (Å²) in [5, 5.41) is 11.5. The fourth-order valence-corrected chi connectivity index (χ4v) is 2.70. The summed E-state index contributed by atoms with van der Waals surface area (Å²) in [6, 6.07) is 2.89. The van der Waals surface area contributed by atoms with Crippen molar-refractivity contribution >= 4 is 23.4 Å². The van der Waals surface area contributed by atoms with E-state index in [2.05, 4.69) is 0 Å². The number of rotatable bonds is 3. The molecule has 1 heterocycles. The van der Waals surface area contributed by atoms with Gasteiger partial charge in [0.15, 0.2) is 5.75 Å². The Labute approximate surface area is 152 Å². The average Bonchev–Trinajstić information content (AvgIpc) is 2.49. The molecule has 8 heteroatoms. The van der Waals surface area contributed by atoms with Gasteiger partial charge in [-0.25, -0.2) is 4.79 Å². The number of hydrogen-bond acceptors (Lipinski definition) is 5. The van der Waals surface area contributed by atoms with Gasteiger partial charge >= 0.3 is 11.8 Å². The minimum Gasteiger partial charge on any atom is -0.483 e. The maximum Gasteiger partial charge on any atom is 0.410 e. The zero-order valence-corrected chi connectivity index (χ0v) is 15.6. The number of ether oxygens (including phenoxy) is 2. The summed E-state index contributed by atoms with van der Waals surface area (Å²) in [5.41, 5.74) is 0.0323. The molecule has 138 valence electrons. The van der Waals surface area contributed by atoms with Gasteiger partial charge in [0.1, 0.15) is 11.7 Å². The van der Waals surface area contributed by atoms with Gasteiger partial charge in [0.2, 0.25) is 0 Å². The summed E-state index contributed by atoms with van der Waals surface area (Å²) in [7, 11) is 0. The lowest BCUT2D eigenvalue weighted by atomic mass is 10.1. The summed E-state index contributed by atoms with van der Waals surface area (Å²) in [4.78, 5) is 24.4. The number of nitro benzene ring substituents is 1. The zero-order valence-electron chi connectivity index (χ0n) is 14.9. The van der Waals surface area contributed by atoms with Crippen molar-refractivity contribution in [2.24, 2.45) is 0 Å². The fraction of sp³-hybridized carbons (Fsp3) is 0.588. The average molecular weight is 371 g/mol. The Morgan fingerprint density at radius 3 is 2.44 bits per heavy atom. The van der Waals surface area contributed by atoms with E-state index in [0.717, 1.165) is 0 Å². The van der Waals surface area contributed by atoms with Crippen LogP contribution in [0.5, 0.6) is 5.75 Å². The molecule has 0 radical (unpaired) electrons. The van der Waals surface area contributed by atoms with Gasteiger partial charge in [-0.3, -0.25) is 10.1 Å². The monoisotopic (exact) mass is 370 g/mol. The number of nitrogens with zero attached hydrogens (tertiary/aromatic N) is 2. The van der Waals surface area contributed by atoms with E-state index in [4.69, 9.17) is 21.1 Å². The lowest BCUT2D eigenvalue weighted by Gasteiger charge is -2.33. The molecule has 2 rings (SSSR count). The molecule has 7 nitrogen and oxygen atoms in total. The number of nitro groups is 1. The SMILES string of the molecule is Cc1cc(OC2CCN(C(=O)OC(C)(C)C)CC2)c([N+](=O)[O-])cc1Cl. The number of benzene rings is 1. The van der Waals surface area contributed by atoms with Crippen molar-refractivity contribution in [1.82, 2.24) is 4.90 Å². The third kappa shape index (κ3) is 5.22. The van der Waals surface area contributed by atoms with E-state index < -0.39 is 10.5 Å². The van der Waals surface area contributed by atoms with E-state index in [0.29, 0.717) is 36.5 Å². The third-order valence-corrected chi connectivity index (χ3v) is 4.23. The second-order valence-electron chi connectivity index (χ2n) is 7.11. The summed E-state index contributed by atoms with van der Waals surface area (Å²) in [5.74, 6) is 0.211. The normalized spacial score (nSPS) is 15.8. The molecule has 0 aromatic heterocycles. The maximum absolute atomic E-state index is 12.1. The molecule has 0 aliphatic carbocycles. The van der Waals surface area contributed by atoms with E-state index in [1.807, 2.05) is 20.8 Å². The van der Waals surface area contributed by atoms with E-state index in [-0.39, 0.29) is 23.6 Å². The third-order valence-electron chi connectivity index (χ3n) is 3.82. The molecule has 0 spiro atoms. The highest BCUT2D eigenvalue weighted by Gasteiger charge is 2.29. The van der Waals surface area contributed by atoms with E-state index >= 15 is 0 Å². The Morgan fingerprint density at radius 1 is 1.32 bits per heavy atom. The fourth-order valence-electron chi connectivity index (χ4n) is 2.54. The van der Waals surface area contributed by atoms with Crippen LogP contribution in [0.4, 0.5) is 10.5 Å². The Morgan fingerprint density at radius 2 is 1.92 bits per heavy atom. The van der Waals surface area contributed by atoms with Crippen molar-refractivity contribution in [3.05, 3.63) is 32.8 Å². The van der Waals surface area contributed by atoms with Gasteiger partial charge in [-0.1, -0.05) is 11.6 Å². The molecule has 1 aromatic carbocycles. The second-order valence-corrected chi connectivity index (χ2v) is 7.52. The van der Waals surface area contributed by atoms with Crippen LogP contribution < -0.4 is 4.74 Å². The molecule has 1 aliphatic rings. The van der Waals surface area contributed by atoms with E-state index in [1.165, 1.54) is 6.07 Å². The van der Waals surface area contributed by atoms with Gasteiger partial charge in [-0.2, -0.15) is 0 Å². The van der Waals surface area contributed by atoms with Gasteiger partial charge in [0.05, 0.1) is 9.95 Å². The lowest BCUT2D eigenvalue weighted by molar-refractivity contribution is -0.386. The molecule has 1 fully saturated rings. The zero-order chi connectivity index (χ0) is 18.8. The molecule has 25 heavy (non-hydrogen) atoms. The van der Waals surface area contributed by atoms with Crippen LogP contribution in [0.3, 0.4) is 0 Å². The Kier molecular flexibility index (Phi) is 5.77. The maximum atomic E-state index is 12.1. The number of carbonyl (C=O) groups excluding carboxylic acids is 1. The van der Waals surface area contributed by atoms with Gasteiger partial charge in [0.25, 0.3) is 0 Å². The van der Waals surface area contributed by atoms with Crippen molar-refractivity contribution in [2.45, 2.75) is 52.2 Å². The summed E-state index contributed by atoms with van der Waals surface area (Å²) in [6.45, 7) is 8.21. The van der Waals surface area contributed by atoms with Crippen LogP contribution in [0.15, 0.2) is 12.1 Å². The molecular weight excluding hydrogens is 348 g/mol. The van der Waals surface area contributed by atoms with Crippen molar-refractivity contribution in [3.8, 4) is 5.75 Å². The first-order valence-corrected chi connectivity index (χ1v) is 8.54. The predicted molar refractivity (Wildman–Crippen MR) is 94.3 cm³/mol. The van der Waals surface area contributed by atoms with Crippen LogP contribution in [-0.4, -0.2) is 40.7 Å². The van der Waals surface area contributed by atoms with Crippen molar-refractivity contribution in [3.63, 3.8) is 0 Å². The quantitative estimate of drug-likeness (QED) is 0.584. The van der Waals surface area contributed by atoms with Crippen molar-refractivity contribution in [2.75, 3.05) is 13.1 Å². The van der Waals surface area contributed by atoms with Crippen LogP contribution in [-0.2, 0) is 4.74 Å². The summed E-state index contributed by atoms with van der Waals surface area (Å²) in [6.07, 6.45) is 0.619. The van der Waals surface area contributed by atoms with Gasteiger partial charge in [-0.15, -0.1) is 0 Å². The summed E-state index contributed by atoms with van der Waals surface area (Å²) >= 11 is 5.96. The van der Waals surface area contributed by atoms with E-state index in [1.54, 1.807) is 17.9 Å². The molecule has 0 N–H and O–H groups in total. The number of halogens is 1. The van der Waals surface area contributed by atoms with Crippen molar-refractivity contribution < 1.29 is 19.2 Å². The molecular formula is C17H23ClN2O5. The van der Waals surface area contributed by atoms with Crippen LogP contribution in [0.2, 0.25) is 5.02 Å². The number of hydrogen-bond donors (Lipinski definition) is 0. The first-order chi connectivity index (χ1) is 11.6. The second kappa shape index (κ2) is 7.47. The van der Waals surface area contributed by atoms with E-state index in [9.17, 15) is 14.9 Å². The molecule has 1 aromatic rings. The number of amides is 1. The largest absolute Gasteiger partial charge is 0.483 e. The molecule has 0 atom stereocenters.